The molecule has 0 aromatic carbocycles. The summed E-state index contributed by atoms with van der Waals surface area (Å²) < 4.78 is 0. The first-order chi connectivity index (χ1) is 13.3. The van der Waals surface area contributed by atoms with Crippen molar-refractivity contribution in [2.75, 3.05) is 24.5 Å². The van der Waals surface area contributed by atoms with Crippen LogP contribution < -0.4 is 4.90 Å². The van der Waals surface area contributed by atoms with Gasteiger partial charge in [0.05, 0.1) is 11.4 Å². The summed E-state index contributed by atoms with van der Waals surface area (Å²) >= 11 is 0. The normalized spacial score (nSPS) is 21.7. The van der Waals surface area contributed by atoms with E-state index in [1.54, 1.807) is 0 Å². The molecule has 3 aromatic rings. The smallest absolute Gasteiger partial charge is 0.0729 e. The molecule has 1 saturated heterocycles. The van der Waals surface area contributed by atoms with Crippen molar-refractivity contribution < 1.29 is 0 Å². The predicted octanol–water partition coefficient (Wildman–Crippen LogP) is 3.04. The lowest BCUT2D eigenvalue weighted by atomic mass is 9.85. The number of anilines is 1. The largest absolute Gasteiger partial charge is 0.365 e. The number of aromatic nitrogens is 3. The van der Waals surface area contributed by atoms with Crippen molar-refractivity contribution in [2.45, 2.75) is 24.9 Å². The molecule has 1 spiro atoms. The number of rotatable bonds is 4. The van der Waals surface area contributed by atoms with Crippen LogP contribution in [0.3, 0.4) is 0 Å². The second kappa shape index (κ2) is 6.74. The van der Waals surface area contributed by atoms with Gasteiger partial charge in [-0.2, -0.15) is 0 Å². The van der Waals surface area contributed by atoms with Crippen molar-refractivity contribution in [1.29, 1.82) is 0 Å². The van der Waals surface area contributed by atoms with Crippen LogP contribution in [0, 0.1) is 0 Å². The van der Waals surface area contributed by atoms with Crippen LogP contribution in [0.1, 0.15) is 23.2 Å². The average Bonchev–Trinajstić information content (AvgIpc) is 3.25. The molecule has 1 fully saturated rings. The van der Waals surface area contributed by atoms with Gasteiger partial charge in [-0.15, -0.1) is 0 Å². The van der Waals surface area contributed by atoms with Gasteiger partial charge in [0.1, 0.15) is 0 Å². The number of fused-ring (bicyclic) bond motifs is 2. The lowest BCUT2D eigenvalue weighted by molar-refractivity contribution is 0.305. The molecular weight excluding hydrogens is 334 g/mol. The van der Waals surface area contributed by atoms with Crippen molar-refractivity contribution >= 4 is 5.69 Å². The van der Waals surface area contributed by atoms with E-state index in [2.05, 4.69) is 44.0 Å². The Morgan fingerprint density at radius 1 is 0.852 bits per heavy atom. The van der Waals surface area contributed by atoms with Gasteiger partial charge in [-0.3, -0.25) is 19.9 Å². The fourth-order valence-corrected chi connectivity index (χ4v) is 4.60. The van der Waals surface area contributed by atoms with E-state index in [0.29, 0.717) is 0 Å². The summed E-state index contributed by atoms with van der Waals surface area (Å²) in [6.07, 6.45) is 10.7. The van der Waals surface area contributed by atoms with Crippen LogP contribution >= 0.6 is 0 Å². The molecule has 3 aromatic heterocycles. The van der Waals surface area contributed by atoms with Crippen molar-refractivity contribution in [3.63, 3.8) is 0 Å². The van der Waals surface area contributed by atoms with Crippen LogP contribution in [-0.2, 0) is 18.5 Å². The molecule has 0 saturated carbocycles. The maximum absolute atomic E-state index is 4.83. The first-order valence-electron chi connectivity index (χ1n) is 9.53. The third-order valence-corrected chi connectivity index (χ3v) is 5.78. The zero-order valence-electron chi connectivity index (χ0n) is 15.3. The third kappa shape index (κ3) is 3.08. The first kappa shape index (κ1) is 16.4. The van der Waals surface area contributed by atoms with Crippen molar-refractivity contribution in [3.05, 3.63) is 84.2 Å². The molecule has 136 valence electrons. The maximum atomic E-state index is 4.83. The molecule has 5 nitrogen and oxygen atoms in total. The van der Waals surface area contributed by atoms with Gasteiger partial charge in [0, 0.05) is 62.6 Å². The Balaban J connectivity index is 1.39. The van der Waals surface area contributed by atoms with Crippen LogP contribution in [0.25, 0.3) is 0 Å². The Kier molecular flexibility index (Phi) is 4.09. The molecule has 0 unspecified atom stereocenters. The molecular formula is C22H23N5. The highest BCUT2D eigenvalue weighted by Gasteiger charge is 2.48. The fourth-order valence-electron chi connectivity index (χ4n) is 4.60. The monoisotopic (exact) mass is 357 g/mol. The van der Waals surface area contributed by atoms with Gasteiger partial charge in [-0.05, 0) is 48.4 Å². The molecule has 5 heterocycles. The summed E-state index contributed by atoms with van der Waals surface area (Å²) in [5, 5.41) is 0. The van der Waals surface area contributed by atoms with Crippen molar-refractivity contribution in [3.8, 4) is 0 Å². The van der Waals surface area contributed by atoms with Gasteiger partial charge in [0.2, 0.25) is 0 Å². The summed E-state index contributed by atoms with van der Waals surface area (Å²) in [5.41, 5.74) is 5.20. The minimum Gasteiger partial charge on any atom is -0.365 e. The quantitative estimate of drug-likeness (QED) is 0.718. The van der Waals surface area contributed by atoms with Crippen LogP contribution in [0.2, 0.25) is 0 Å². The molecule has 0 bridgehead atoms. The van der Waals surface area contributed by atoms with Crippen LogP contribution in [0.4, 0.5) is 5.69 Å². The molecule has 2 aliphatic heterocycles. The van der Waals surface area contributed by atoms with E-state index in [-0.39, 0.29) is 5.41 Å². The minimum atomic E-state index is 0.126. The molecule has 2 aliphatic rings. The van der Waals surface area contributed by atoms with Gasteiger partial charge in [0.25, 0.3) is 0 Å². The number of pyridine rings is 3. The number of hydrogen-bond acceptors (Lipinski definition) is 5. The SMILES string of the molecule is c1cncc(CN2CC[C@]3(C2)CN(Cc2cccnc2)c2cccnc23)c1. The summed E-state index contributed by atoms with van der Waals surface area (Å²) in [6, 6.07) is 12.6. The molecule has 1 atom stereocenters. The van der Waals surface area contributed by atoms with Gasteiger partial charge < -0.3 is 4.90 Å². The average molecular weight is 357 g/mol. The summed E-state index contributed by atoms with van der Waals surface area (Å²) in [4.78, 5) is 18.4. The predicted molar refractivity (Wildman–Crippen MR) is 105 cm³/mol. The van der Waals surface area contributed by atoms with Gasteiger partial charge in [-0.1, -0.05) is 12.1 Å². The fraction of sp³-hybridized carbons (Fsp3) is 0.318. The Morgan fingerprint density at radius 2 is 1.59 bits per heavy atom. The van der Waals surface area contributed by atoms with Gasteiger partial charge >= 0.3 is 0 Å². The van der Waals surface area contributed by atoms with E-state index in [1.807, 2.05) is 43.1 Å². The van der Waals surface area contributed by atoms with Crippen molar-refractivity contribution in [1.82, 2.24) is 19.9 Å². The molecule has 0 amide bonds. The van der Waals surface area contributed by atoms with E-state index < -0.39 is 0 Å². The molecule has 0 radical (unpaired) electrons. The van der Waals surface area contributed by atoms with Crippen LogP contribution in [0.5, 0.6) is 0 Å². The second-order valence-corrected chi connectivity index (χ2v) is 7.69. The summed E-state index contributed by atoms with van der Waals surface area (Å²) in [5.74, 6) is 0. The van der Waals surface area contributed by atoms with Gasteiger partial charge in [-0.25, -0.2) is 0 Å². The topological polar surface area (TPSA) is 45.2 Å². The van der Waals surface area contributed by atoms with Crippen LogP contribution in [-0.4, -0.2) is 39.5 Å². The maximum Gasteiger partial charge on any atom is 0.0729 e. The number of likely N-dealkylation sites (tertiary alicyclic amines) is 1. The number of hydrogen-bond donors (Lipinski definition) is 0. The highest BCUT2D eigenvalue weighted by Crippen LogP contribution is 2.45. The third-order valence-electron chi connectivity index (χ3n) is 5.78. The zero-order chi connectivity index (χ0) is 18.1. The van der Waals surface area contributed by atoms with Crippen molar-refractivity contribution in [2.24, 2.45) is 0 Å². The lowest BCUT2D eigenvalue weighted by Crippen LogP contribution is -2.36. The highest BCUT2D eigenvalue weighted by molar-refractivity contribution is 5.60. The Bertz CT molecular complexity index is 914. The number of nitrogens with zero attached hydrogens (tertiary/aromatic N) is 5. The second-order valence-electron chi connectivity index (χ2n) is 7.69. The molecule has 5 heteroatoms. The molecule has 0 aliphatic carbocycles. The summed E-state index contributed by atoms with van der Waals surface area (Å²) in [6.45, 7) is 5.02. The molecule has 0 N–H and O–H groups in total. The van der Waals surface area contributed by atoms with E-state index in [4.69, 9.17) is 4.98 Å². The van der Waals surface area contributed by atoms with E-state index in [1.165, 1.54) is 22.5 Å². The summed E-state index contributed by atoms with van der Waals surface area (Å²) in [7, 11) is 0. The molecule has 27 heavy (non-hydrogen) atoms. The van der Waals surface area contributed by atoms with Crippen LogP contribution in [0.15, 0.2) is 67.4 Å². The Morgan fingerprint density at radius 3 is 2.33 bits per heavy atom. The molecule has 5 rings (SSSR count). The highest BCUT2D eigenvalue weighted by atomic mass is 15.2. The first-order valence-corrected chi connectivity index (χ1v) is 9.53. The Hall–Kier alpha value is -2.79. The minimum absolute atomic E-state index is 0.126. The van der Waals surface area contributed by atoms with Gasteiger partial charge in [0.15, 0.2) is 0 Å². The van der Waals surface area contributed by atoms with E-state index >= 15 is 0 Å². The standard InChI is InChI=1S/C22H23N5/c1-4-18(12-23-8-1)14-26-11-7-22(16-26)17-27(15-19-5-2-9-24-13-19)20-6-3-10-25-21(20)22/h1-6,8-10,12-13H,7,11,14-17H2/t22-/m0/s1. The van der Waals surface area contributed by atoms with E-state index in [9.17, 15) is 0 Å². The zero-order valence-corrected chi connectivity index (χ0v) is 15.3. The van der Waals surface area contributed by atoms with E-state index in [0.717, 1.165) is 39.1 Å². The Labute approximate surface area is 159 Å². The lowest BCUT2D eigenvalue weighted by Gasteiger charge is -2.26.